The van der Waals surface area contributed by atoms with Gasteiger partial charge in [-0.2, -0.15) is 0 Å². The molecule has 0 saturated carbocycles. The first-order chi connectivity index (χ1) is 35.0. The van der Waals surface area contributed by atoms with E-state index in [0.29, 0.717) is 25.9 Å². The molecule has 0 bridgehead atoms. The summed E-state index contributed by atoms with van der Waals surface area (Å²) >= 11 is 0. The molecule has 424 valence electrons. The molecular formula is C65H129NO5. The molecule has 0 saturated heterocycles. The third-order valence-electron chi connectivity index (χ3n) is 15.7. The molecule has 6 nitrogen and oxygen atoms in total. The second kappa shape index (κ2) is 61.4. The Morgan fingerprint density at radius 2 is 0.577 bits per heavy atom. The second-order valence-corrected chi connectivity index (χ2v) is 22.8. The Kier molecular flexibility index (Phi) is 60.4. The molecule has 0 radical (unpaired) electrons. The van der Waals surface area contributed by atoms with E-state index >= 15 is 0 Å². The summed E-state index contributed by atoms with van der Waals surface area (Å²) in [4.78, 5) is 24.6. The third kappa shape index (κ3) is 58.0. The SMILES string of the molecule is CCCCCCCCCCCCCCCCCCCCC(O)C(CO)NC(=O)CCCCCCCCCCCCCCCCCCCCCOC(=O)CCCCCCCCCCCCCCCCCCC. The molecule has 0 aromatic heterocycles. The maximum absolute atomic E-state index is 12.5. The fourth-order valence-electron chi connectivity index (χ4n) is 10.6. The van der Waals surface area contributed by atoms with Crippen molar-refractivity contribution in [3.05, 3.63) is 0 Å². The van der Waals surface area contributed by atoms with Crippen LogP contribution >= 0.6 is 0 Å². The van der Waals surface area contributed by atoms with Gasteiger partial charge < -0.3 is 20.3 Å². The molecular weight excluding hydrogens is 875 g/mol. The number of ether oxygens (including phenoxy) is 1. The number of hydrogen-bond donors (Lipinski definition) is 3. The Balaban J connectivity index is 3.37. The summed E-state index contributed by atoms with van der Waals surface area (Å²) in [5.41, 5.74) is 0. The van der Waals surface area contributed by atoms with Crippen LogP contribution in [0.3, 0.4) is 0 Å². The van der Waals surface area contributed by atoms with Crippen LogP contribution in [0.25, 0.3) is 0 Å². The van der Waals surface area contributed by atoms with Gasteiger partial charge >= 0.3 is 5.97 Å². The first kappa shape index (κ1) is 69.9. The largest absolute Gasteiger partial charge is 0.466 e. The topological polar surface area (TPSA) is 95.9 Å². The molecule has 0 aliphatic rings. The Labute approximate surface area is 445 Å². The van der Waals surface area contributed by atoms with Crippen LogP contribution in [0, 0.1) is 0 Å². The monoisotopic (exact) mass is 1000 g/mol. The van der Waals surface area contributed by atoms with Gasteiger partial charge in [-0.3, -0.25) is 9.59 Å². The maximum Gasteiger partial charge on any atom is 0.305 e. The van der Waals surface area contributed by atoms with Gasteiger partial charge in [0.2, 0.25) is 5.91 Å². The minimum absolute atomic E-state index is 0.0144. The van der Waals surface area contributed by atoms with Gasteiger partial charge in [-0.25, -0.2) is 0 Å². The van der Waals surface area contributed by atoms with Crippen LogP contribution in [0.1, 0.15) is 380 Å². The van der Waals surface area contributed by atoms with Gasteiger partial charge in [-0.15, -0.1) is 0 Å². The molecule has 0 aliphatic heterocycles. The van der Waals surface area contributed by atoms with E-state index in [1.165, 1.54) is 308 Å². The number of carbonyl (C=O) groups excluding carboxylic acids is 2. The number of hydrogen-bond acceptors (Lipinski definition) is 5. The lowest BCUT2D eigenvalue weighted by Crippen LogP contribution is -2.45. The van der Waals surface area contributed by atoms with E-state index < -0.39 is 12.1 Å². The zero-order valence-corrected chi connectivity index (χ0v) is 48.5. The molecule has 0 fully saturated rings. The third-order valence-corrected chi connectivity index (χ3v) is 15.7. The fourth-order valence-corrected chi connectivity index (χ4v) is 10.6. The maximum atomic E-state index is 12.5. The van der Waals surface area contributed by atoms with Crippen molar-refractivity contribution in [2.75, 3.05) is 13.2 Å². The van der Waals surface area contributed by atoms with E-state index in [1.54, 1.807) is 0 Å². The summed E-state index contributed by atoms with van der Waals surface area (Å²) in [6.07, 6.45) is 72.6. The van der Waals surface area contributed by atoms with Crippen LogP contribution < -0.4 is 5.32 Å². The van der Waals surface area contributed by atoms with Crippen molar-refractivity contribution in [2.45, 2.75) is 392 Å². The minimum Gasteiger partial charge on any atom is -0.466 e. The smallest absolute Gasteiger partial charge is 0.305 e. The number of aliphatic hydroxyl groups excluding tert-OH is 2. The Bertz CT molecular complexity index is 1020. The van der Waals surface area contributed by atoms with E-state index in [1.807, 2.05) is 0 Å². The highest BCUT2D eigenvalue weighted by Gasteiger charge is 2.20. The van der Waals surface area contributed by atoms with Crippen LogP contribution in [0.15, 0.2) is 0 Å². The molecule has 0 aliphatic carbocycles. The van der Waals surface area contributed by atoms with E-state index in [-0.39, 0.29) is 18.5 Å². The minimum atomic E-state index is -0.665. The molecule has 0 heterocycles. The standard InChI is InChI=1S/C65H129NO5/c1-3-5-7-9-11-13-15-17-19-21-26-29-33-37-41-45-49-53-57-63(68)62(61-67)66-64(69)58-54-50-46-42-38-34-30-27-23-22-24-28-32-36-40-44-48-52-56-60-71-65(70)59-55-51-47-43-39-35-31-25-20-18-16-14-12-10-8-6-4-2/h62-63,67-68H,3-61H2,1-2H3,(H,66,69). The van der Waals surface area contributed by atoms with Crippen molar-refractivity contribution in [2.24, 2.45) is 0 Å². The molecule has 2 atom stereocenters. The lowest BCUT2D eigenvalue weighted by molar-refractivity contribution is -0.143. The van der Waals surface area contributed by atoms with Crippen molar-refractivity contribution in [3.8, 4) is 0 Å². The van der Waals surface area contributed by atoms with Crippen molar-refractivity contribution >= 4 is 11.9 Å². The van der Waals surface area contributed by atoms with Crippen LogP contribution in [0.5, 0.6) is 0 Å². The quantitative estimate of drug-likeness (QED) is 0.0417. The van der Waals surface area contributed by atoms with Gasteiger partial charge in [0.05, 0.1) is 25.4 Å². The zero-order valence-electron chi connectivity index (χ0n) is 48.5. The van der Waals surface area contributed by atoms with Gasteiger partial charge in [0.15, 0.2) is 0 Å². The van der Waals surface area contributed by atoms with Gasteiger partial charge in [0, 0.05) is 12.8 Å². The van der Waals surface area contributed by atoms with Gasteiger partial charge in [-0.05, 0) is 25.7 Å². The summed E-state index contributed by atoms with van der Waals surface area (Å²) in [6.45, 7) is 4.99. The molecule has 71 heavy (non-hydrogen) atoms. The van der Waals surface area contributed by atoms with Gasteiger partial charge in [0.1, 0.15) is 0 Å². The molecule has 6 heteroatoms. The highest BCUT2D eigenvalue weighted by molar-refractivity contribution is 5.76. The number of unbranched alkanes of at least 4 members (excludes halogenated alkanes) is 51. The number of esters is 1. The zero-order chi connectivity index (χ0) is 51.4. The predicted octanol–water partition coefficient (Wildman–Crippen LogP) is 20.6. The average Bonchev–Trinajstić information content (AvgIpc) is 3.37. The molecule has 0 aromatic rings. The van der Waals surface area contributed by atoms with Crippen molar-refractivity contribution < 1.29 is 24.5 Å². The van der Waals surface area contributed by atoms with Crippen LogP contribution in [-0.2, 0) is 14.3 Å². The fraction of sp³-hybridized carbons (Fsp3) is 0.969. The van der Waals surface area contributed by atoms with Crippen molar-refractivity contribution in [1.82, 2.24) is 5.32 Å². The van der Waals surface area contributed by atoms with Gasteiger partial charge in [-0.1, -0.05) is 341 Å². The Hall–Kier alpha value is -1.14. The van der Waals surface area contributed by atoms with E-state index in [9.17, 15) is 19.8 Å². The number of rotatable bonds is 62. The molecule has 3 N–H and O–H groups in total. The summed E-state index contributed by atoms with van der Waals surface area (Å²) in [5, 5.41) is 23.4. The first-order valence-electron chi connectivity index (χ1n) is 32.8. The molecule has 2 unspecified atom stereocenters. The average molecular weight is 1000 g/mol. The molecule has 0 rings (SSSR count). The summed E-state index contributed by atoms with van der Waals surface area (Å²) < 4.78 is 5.50. The lowest BCUT2D eigenvalue weighted by Gasteiger charge is -2.22. The molecule has 0 spiro atoms. The number of nitrogens with one attached hydrogen (secondary N) is 1. The van der Waals surface area contributed by atoms with Crippen LogP contribution in [0.4, 0.5) is 0 Å². The summed E-state index contributed by atoms with van der Waals surface area (Å²) in [6, 6.07) is -0.543. The van der Waals surface area contributed by atoms with Crippen molar-refractivity contribution in [1.29, 1.82) is 0 Å². The number of amides is 1. The summed E-state index contributed by atoms with van der Waals surface area (Å²) in [5.74, 6) is -0.0190. The highest BCUT2D eigenvalue weighted by Crippen LogP contribution is 2.19. The number of carbonyl (C=O) groups is 2. The van der Waals surface area contributed by atoms with Gasteiger partial charge in [0.25, 0.3) is 0 Å². The second-order valence-electron chi connectivity index (χ2n) is 22.8. The molecule has 1 amide bonds. The van der Waals surface area contributed by atoms with Crippen molar-refractivity contribution in [3.63, 3.8) is 0 Å². The number of aliphatic hydroxyl groups is 2. The van der Waals surface area contributed by atoms with E-state index in [2.05, 4.69) is 19.2 Å². The van der Waals surface area contributed by atoms with Crippen LogP contribution in [-0.4, -0.2) is 47.4 Å². The lowest BCUT2D eigenvalue weighted by atomic mass is 10.0. The molecule has 0 aromatic carbocycles. The predicted molar refractivity (Wildman–Crippen MR) is 310 cm³/mol. The Morgan fingerprint density at radius 1 is 0.338 bits per heavy atom. The van der Waals surface area contributed by atoms with E-state index in [4.69, 9.17) is 4.74 Å². The highest BCUT2D eigenvalue weighted by atomic mass is 16.5. The summed E-state index contributed by atoms with van der Waals surface area (Å²) in [7, 11) is 0. The normalized spacial score (nSPS) is 12.5. The Morgan fingerprint density at radius 3 is 0.859 bits per heavy atom. The van der Waals surface area contributed by atoms with Crippen LogP contribution in [0.2, 0.25) is 0 Å². The first-order valence-corrected chi connectivity index (χ1v) is 32.8. The van der Waals surface area contributed by atoms with E-state index in [0.717, 1.165) is 38.5 Å².